The predicted octanol–water partition coefficient (Wildman–Crippen LogP) is 3.09. The molecule has 1 aliphatic rings. The number of thiazole rings is 1. The lowest BCUT2D eigenvalue weighted by molar-refractivity contribution is 0.143. The van der Waals surface area contributed by atoms with Crippen LogP contribution in [0.3, 0.4) is 0 Å². The van der Waals surface area contributed by atoms with Crippen molar-refractivity contribution in [3.05, 3.63) is 47.0 Å². The number of ether oxygens (including phenoxy) is 1. The van der Waals surface area contributed by atoms with Gasteiger partial charge in [-0.05, 0) is 64.9 Å². The Morgan fingerprint density at radius 2 is 2.00 bits per heavy atom. The summed E-state index contributed by atoms with van der Waals surface area (Å²) in [5.41, 5.74) is 7.14. The molecular formula is C24H28N6O2S. The average molecular weight is 465 g/mol. The molecule has 9 heteroatoms. The van der Waals surface area contributed by atoms with Crippen molar-refractivity contribution in [1.82, 2.24) is 25.1 Å². The molecule has 0 radical (unpaired) electrons. The highest BCUT2D eigenvalue weighted by Gasteiger charge is 2.21. The zero-order valence-electron chi connectivity index (χ0n) is 19.1. The molecule has 0 unspecified atom stereocenters. The zero-order valence-corrected chi connectivity index (χ0v) is 19.9. The van der Waals surface area contributed by atoms with Gasteiger partial charge >= 0.3 is 0 Å². The Labute approximate surface area is 197 Å². The Morgan fingerprint density at radius 3 is 2.76 bits per heavy atom. The Kier molecular flexibility index (Phi) is 6.88. The monoisotopic (exact) mass is 464 g/mol. The number of hydrogen-bond donors (Lipinski definition) is 2. The molecule has 0 aliphatic carbocycles. The number of anilines is 1. The molecule has 0 amide bonds. The van der Waals surface area contributed by atoms with Crippen molar-refractivity contribution in [3.63, 3.8) is 0 Å². The molecule has 0 spiro atoms. The largest absolute Gasteiger partial charge is 0.485 e. The maximum Gasteiger partial charge on any atom is 0.166 e. The molecule has 0 aromatic carbocycles. The highest BCUT2D eigenvalue weighted by atomic mass is 32.1. The molecule has 3 N–H and O–H groups in total. The summed E-state index contributed by atoms with van der Waals surface area (Å²) in [7, 11) is 2.16. The minimum Gasteiger partial charge on any atom is -0.485 e. The van der Waals surface area contributed by atoms with Crippen molar-refractivity contribution in [2.75, 3.05) is 25.9 Å². The van der Waals surface area contributed by atoms with Gasteiger partial charge in [-0.1, -0.05) is 5.92 Å². The SMILES string of the molecule is CN1CCC(c2ncc(-c3cnc(N)c(OCc4cnnc(C#CC(C)(C)O)c4)c3)s2)CC1. The van der Waals surface area contributed by atoms with Gasteiger partial charge in [-0.15, -0.1) is 16.4 Å². The molecule has 0 saturated carbocycles. The van der Waals surface area contributed by atoms with Crippen LogP contribution >= 0.6 is 11.3 Å². The molecular weight excluding hydrogens is 436 g/mol. The molecule has 172 valence electrons. The first-order valence-electron chi connectivity index (χ1n) is 10.9. The van der Waals surface area contributed by atoms with E-state index in [9.17, 15) is 5.11 Å². The van der Waals surface area contributed by atoms with Gasteiger partial charge < -0.3 is 20.5 Å². The molecule has 3 aromatic heterocycles. The molecule has 4 rings (SSSR count). The maximum absolute atomic E-state index is 9.76. The molecule has 1 fully saturated rings. The second-order valence-corrected chi connectivity index (χ2v) is 9.86. The van der Waals surface area contributed by atoms with E-state index in [0.29, 0.717) is 23.2 Å². The van der Waals surface area contributed by atoms with E-state index < -0.39 is 5.60 Å². The van der Waals surface area contributed by atoms with E-state index in [4.69, 9.17) is 10.5 Å². The van der Waals surface area contributed by atoms with Gasteiger partial charge in [0.2, 0.25) is 0 Å². The van der Waals surface area contributed by atoms with Gasteiger partial charge in [0.25, 0.3) is 0 Å². The lowest BCUT2D eigenvalue weighted by Gasteiger charge is -2.27. The van der Waals surface area contributed by atoms with Crippen LogP contribution in [0, 0.1) is 11.8 Å². The first-order chi connectivity index (χ1) is 15.8. The molecule has 3 aromatic rings. The Bertz CT molecular complexity index is 1170. The van der Waals surface area contributed by atoms with Crippen molar-refractivity contribution >= 4 is 17.2 Å². The van der Waals surface area contributed by atoms with E-state index in [0.717, 1.165) is 41.9 Å². The number of aromatic nitrogens is 4. The second-order valence-electron chi connectivity index (χ2n) is 8.79. The smallest absolute Gasteiger partial charge is 0.166 e. The van der Waals surface area contributed by atoms with Crippen molar-refractivity contribution in [2.24, 2.45) is 0 Å². The molecule has 8 nitrogen and oxygen atoms in total. The van der Waals surface area contributed by atoms with Gasteiger partial charge in [0.1, 0.15) is 17.9 Å². The number of nitrogen functional groups attached to an aromatic ring is 1. The number of nitrogens with two attached hydrogens (primary N) is 1. The van der Waals surface area contributed by atoms with E-state index in [1.54, 1.807) is 43.6 Å². The summed E-state index contributed by atoms with van der Waals surface area (Å²) in [6.45, 7) is 5.68. The molecule has 1 saturated heterocycles. The zero-order chi connectivity index (χ0) is 23.4. The fourth-order valence-corrected chi connectivity index (χ4v) is 4.56. The van der Waals surface area contributed by atoms with Crippen molar-refractivity contribution < 1.29 is 9.84 Å². The van der Waals surface area contributed by atoms with E-state index in [2.05, 4.69) is 44.0 Å². The van der Waals surface area contributed by atoms with Crippen LogP contribution in [-0.4, -0.2) is 55.9 Å². The first-order valence-corrected chi connectivity index (χ1v) is 11.7. The Morgan fingerprint density at radius 1 is 1.21 bits per heavy atom. The van der Waals surface area contributed by atoms with Gasteiger partial charge in [-0.3, -0.25) is 0 Å². The van der Waals surface area contributed by atoms with Crippen LogP contribution in [0.25, 0.3) is 10.4 Å². The van der Waals surface area contributed by atoms with Gasteiger partial charge in [0.15, 0.2) is 11.6 Å². The number of hydrogen-bond acceptors (Lipinski definition) is 9. The third kappa shape index (κ3) is 6.26. The van der Waals surface area contributed by atoms with Gasteiger partial charge in [0.05, 0.1) is 16.1 Å². The van der Waals surface area contributed by atoms with Crippen LogP contribution in [0.2, 0.25) is 0 Å². The van der Waals surface area contributed by atoms with Crippen molar-refractivity contribution in [3.8, 4) is 28.0 Å². The number of pyridine rings is 1. The molecule has 33 heavy (non-hydrogen) atoms. The summed E-state index contributed by atoms with van der Waals surface area (Å²) < 4.78 is 5.95. The van der Waals surface area contributed by atoms with Crippen molar-refractivity contribution in [1.29, 1.82) is 0 Å². The highest BCUT2D eigenvalue weighted by Crippen LogP contribution is 2.36. The van der Waals surface area contributed by atoms with Gasteiger partial charge in [0, 0.05) is 29.4 Å². The second kappa shape index (κ2) is 9.83. The predicted molar refractivity (Wildman–Crippen MR) is 129 cm³/mol. The third-order valence-electron chi connectivity index (χ3n) is 5.36. The molecule has 1 aliphatic heterocycles. The molecule has 0 atom stereocenters. The Hall–Kier alpha value is -3.06. The minimum absolute atomic E-state index is 0.242. The van der Waals surface area contributed by atoms with Gasteiger partial charge in [-0.2, -0.15) is 5.10 Å². The quantitative estimate of drug-likeness (QED) is 0.554. The lowest BCUT2D eigenvalue weighted by Crippen LogP contribution is -2.29. The topological polar surface area (TPSA) is 110 Å². The minimum atomic E-state index is -1.10. The first kappa shape index (κ1) is 23.1. The molecule has 0 bridgehead atoms. The van der Waals surface area contributed by atoms with Crippen molar-refractivity contribution in [2.45, 2.75) is 44.8 Å². The summed E-state index contributed by atoms with van der Waals surface area (Å²) >= 11 is 1.71. The number of rotatable bonds is 5. The summed E-state index contributed by atoms with van der Waals surface area (Å²) in [6.07, 6.45) is 7.56. The third-order valence-corrected chi connectivity index (χ3v) is 6.57. The summed E-state index contributed by atoms with van der Waals surface area (Å²) in [5.74, 6) is 6.89. The maximum atomic E-state index is 9.76. The molecule has 4 heterocycles. The van der Waals surface area contributed by atoms with E-state index in [1.807, 2.05) is 12.3 Å². The van der Waals surface area contributed by atoms with E-state index >= 15 is 0 Å². The van der Waals surface area contributed by atoms with Crippen LogP contribution in [0.4, 0.5) is 5.82 Å². The average Bonchev–Trinajstić information content (AvgIpc) is 3.28. The standard InChI is InChI=1S/C24H28N6O2S/c1-24(2,31)7-4-19-10-16(12-28-29-19)15-32-20-11-18(13-26-22(20)25)21-14-27-23(33-21)17-5-8-30(3)9-6-17/h10-14,17,31H,5-6,8-9,15H2,1-3H3,(H2,25,26). The van der Waals surface area contributed by atoms with Crippen LogP contribution in [0.5, 0.6) is 5.75 Å². The van der Waals surface area contributed by atoms with Crippen LogP contribution < -0.4 is 10.5 Å². The fourth-order valence-electron chi connectivity index (χ4n) is 3.50. The number of likely N-dealkylation sites (tertiary alicyclic amines) is 1. The number of nitrogens with zero attached hydrogens (tertiary/aromatic N) is 5. The number of piperidine rings is 1. The van der Waals surface area contributed by atoms with E-state index in [1.165, 1.54) is 5.01 Å². The highest BCUT2D eigenvalue weighted by molar-refractivity contribution is 7.15. The van der Waals surface area contributed by atoms with Crippen LogP contribution in [0.1, 0.15) is 48.9 Å². The van der Waals surface area contributed by atoms with Crippen LogP contribution in [-0.2, 0) is 6.61 Å². The van der Waals surface area contributed by atoms with Crippen LogP contribution in [0.15, 0.2) is 30.7 Å². The number of aliphatic hydroxyl groups is 1. The van der Waals surface area contributed by atoms with Gasteiger partial charge in [-0.25, -0.2) is 9.97 Å². The normalized spacial score (nSPS) is 15.2. The Balaban J connectivity index is 1.46. The lowest BCUT2D eigenvalue weighted by atomic mass is 9.98. The fraction of sp³-hybridized carbons (Fsp3) is 0.417. The summed E-state index contributed by atoms with van der Waals surface area (Å²) in [5, 5.41) is 18.9. The summed E-state index contributed by atoms with van der Waals surface area (Å²) in [4.78, 5) is 12.4. The van der Waals surface area contributed by atoms with E-state index in [-0.39, 0.29) is 6.61 Å². The summed E-state index contributed by atoms with van der Waals surface area (Å²) in [6, 6.07) is 3.67.